The van der Waals surface area contributed by atoms with Gasteiger partial charge in [0.1, 0.15) is 6.54 Å². The van der Waals surface area contributed by atoms with Crippen molar-refractivity contribution in [1.29, 1.82) is 0 Å². The lowest BCUT2D eigenvalue weighted by Gasteiger charge is -2.34. The van der Waals surface area contributed by atoms with Crippen LogP contribution in [0.5, 0.6) is 0 Å². The van der Waals surface area contributed by atoms with E-state index < -0.39 is 17.3 Å². The molecule has 0 atom stereocenters. The van der Waals surface area contributed by atoms with E-state index in [0.717, 1.165) is 16.7 Å². The van der Waals surface area contributed by atoms with Gasteiger partial charge in [-0.2, -0.15) is 13.2 Å². The molecule has 0 N–H and O–H groups in total. The third-order valence-electron chi connectivity index (χ3n) is 5.34. The lowest BCUT2D eigenvalue weighted by molar-refractivity contribution is -0.137. The molecular weight excluding hydrogens is 441 g/mol. The Hall–Kier alpha value is -3.89. The molecule has 1 aromatic carbocycles. The van der Waals surface area contributed by atoms with E-state index in [2.05, 4.69) is 4.98 Å². The van der Waals surface area contributed by atoms with Crippen LogP contribution in [0, 0.1) is 0 Å². The van der Waals surface area contributed by atoms with Gasteiger partial charge in [-0.05, 0) is 24.3 Å². The highest BCUT2D eigenvalue weighted by Crippen LogP contribution is 2.30. The molecule has 0 aliphatic carbocycles. The van der Waals surface area contributed by atoms with Crippen LogP contribution < -0.4 is 5.56 Å². The number of furan rings is 1. The Balaban J connectivity index is 1.37. The summed E-state index contributed by atoms with van der Waals surface area (Å²) < 4.78 is 44.4. The fraction of sp³-hybridized carbons (Fsp3) is 0.273. The van der Waals surface area contributed by atoms with Gasteiger partial charge >= 0.3 is 6.18 Å². The maximum Gasteiger partial charge on any atom is 0.416 e. The first-order valence-electron chi connectivity index (χ1n) is 10.1. The smallest absolute Gasteiger partial charge is 0.416 e. The molecule has 1 aliphatic rings. The summed E-state index contributed by atoms with van der Waals surface area (Å²) in [5.41, 5.74) is -0.727. The van der Waals surface area contributed by atoms with Gasteiger partial charge in [0.05, 0.1) is 23.8 Å². The number of alkyl halides is 3. The molecule has 8 nitrogen and oxygen atoms in total. The van der Waals surface area contributed by atoms with Crippen molar-refractivity contribution in [3.8, 4) is 11.3 Å². The molecule has 1 aliphatic heterocycles. The number of rotatable bonds is 4. The van der Waals surface area contributed by atoms with E-state index in [0.29, 0.717) is 31.7 Å². The number of piperazine rings is 1. The quantitative estimate of drug-likeness (QED) is 0.597. The van der Waals surface area contributed by atoms with Gasteiger partial charge in [-0.25, -0.2) is 4.98 Å². The Labute approximate surface area is 185 Å². The molecule has 11 heteroatoms. The van der Waals surface area contributed by atoms with Crippen molar-refractivity contribution in [3.05, 3.63) is 76.7 Å². The van der Waals surface area contributed by atoms with Crippen LogP contribution >= 0.6 is 0 Å². The van der Waals surface area contributed by atoms with Crippen molar-refractivity contribution in [3.63, 3.8) is 0 Å². The van der Waals surface area contributed by atoms with Crippen molar-refractivity contribution in [2.75, 3.05) is 26.2 Å². The predicted octanol–water partition coefficient (Wildman–Crippen LogP) is 2.51. The number of amides is 2. The molecule has 0 radical (unpaired) electrons. The highest BCUT2D eigenvalue weighted by atomic mass is 19.4. The summed E-state index contributed by atoms with van der Waals surface area (Å²) in [7, 11) is 0. The van der Waals surface area contributed by atoms with E-state index in [-0.39, 0.29) is 29.8 Å². The molecule has 3 heterocycles. The zero-order valence-electron chi connectivity index (χ0n) is 17.3. The second-order valence-electron chi connectivity index (χ2n) is 7.47. The number of carbonyl (C=O) groups is 2. The van der Waals surface area contributed by atoms with Crippen LogP contribution in [0.25, 0.3) is 11.3 Å². The van der Waals surface area contributed by atoms with Gasteiger partial charge in [0, 0.05) is 37.8 Å². The second-order valence-corrected chi connectivity index (χ2v) is 7.47. The minimum Gasteiger partial charge on any atom is -0.459 e. The molecule has 0 spiro atoms. The molecule has 33 heavy (non-hydrogen) atoms. The summed E-state index contributed by atoms with van der Waals surface area (Å²) >= 11 is 0. The Bertz CT molecular complexity index is 1200. The van der Waals surface area contributed by atoms with E-state index >= 15 is 0 Å². The molecule has 4 rings (SSSR count). The molecule has 172 valence electrons. The Kier molecular flexibility index (Phi) is 6.03. The van der Waals surface area contributed by atoms with Crippen molar-refractivity contribution in [2.24, 2.45) is 0 Å². The van der Waals surface area contributed by atoms with Gasteiger partial charge in [0.2, 0.25) is 5.91 Å². The summed E-state index contributed by atoms with van der Waals surface area (Å²) in [6, 6.07) is 8.70. The summed E-state index contributed by atoms with van der Waals surface area (Å²) in [6.07, 6.45) is -1.83. The van der Waals surface area contributed by atoms with Crippen molar-refractivity contribution < 1.29 is 27.2 Å². The van der Waals surface area contributed by atoms with Gasteiger partial charge in [-0.1, -0.05) is 12.1 Å². The van der Waals surface area contributed by atoms with Gasteiger partial charge < -0.3 is 14.2 Å². The Morgan fingerprint density at radius 1 is 1.00 bits per heavy atom. The lowest BCUT2D eigenvalue weighted by atomic mass is 10.1. The predicted molar refractivity (Wildman–Crippen MR) is 110 cm³/mol. The SMILES string of the molecule is O=C(Cn1cnc(-c2ccc(C(F)(F)F)cc2)cc1=O)N1CCN(C(=O)c2ccco2)CC1. The largest absolute Gasteiger partial charge is 0.459 e. The highest BCUT2D eigenvalue weighted by molar-refractivity contribution is 5.91. The standard InChI is InChI=1S/C22H19F3N4O4/c23-22(24,25)16-5-3-15(4-6-16)17-12-19(30)29(14-26-17)13-20(31)27-7-9-28(10-8-27)21(32)18-2-1-11-33-18/h1-6,11-12,14H,7-10,13H2. The molecule has 0 saturated carbocycles. The first-order valence-corrected chi connectivity index (χ1v) is 10.1. The number of benzene rings is 1. The normalized spacial score (nSPS) is 14.4. The van der Waals surface area contributed by atoms with Gasteiger partial charge in [-0.3, -0.25) is 19.0 Å². The third kappa shape index (κ3) is 4.97. The number of aromatic nitrogens is 2. The fourth-order valence-electron chi connectivity index (χ4n) is 3.49. The van der Waals surface area contributed by atoms with E-state index in [1.165, 1.54) is 30.8 Å². The molecule has 1 saturated heterocycles. The fourth-order valence-corrected chi connectivity index (χ4v) is 3.49. The summed E-state index contributed by atoms with van der Waals surface area (Å²) in [5.74, 6) is -0.307. The average Bonchev–Trinajstić information content (AvgIpc) is 3.34. The number of hydrogen-bond acceptors (Lipinski definition) is 5. The molecular formula is C22H19F3N4O4. The highest BCUT2D eigenvalue weighted by Gasteiger charge is 2.30. The average molecular weight is 460 g/mol. The van der Waals surface area contributed by atoms with Crippen LogP contribution in [0.4, 0.5) is 13.2 Å². The monoisotopic (exact) mass is 460 g/mol. The van der Waals surface area contributed by atoms with Crippen molar-refractivity contribution >= 4 is 11.8 Å². The Morgan fingerprint density at radius 3 is 2.24 bits per heavy atom. The molecule has 2 amide bonds. The summed E-state index contributed by atoms with van der Waals surface area (Å²) in [4.78, 5) is 44.6. The van der Waals surface area contributed by atoms with Crippen LogP contribution in [-0.2, 0) is 17.5 Å². The summed E-state index contributed by atoms with van der Waals surface area (Å²) in [5, 5.41) is 0. The van der Waals surface area contributed by atoms with Crippen LogP contribution in [0.2, 0.25) is 0 Å². The zero-order chi connectivity index (χ0) is 23.6. The first-order chi connectivity index (χ1) is 15.7. The first kappa shape index (κ1) is 22.3. The maximum absolute atomic E-state index is 12.7. The van der Waals surface area contributed by atoms with Crippen LogP contribution in [0.1, 0.15) is 16.1 Å². The van der Waals surface area contributed by atoms with E-state index in [1.807, 2.05) is 0 Å². The summed E-state index contributed by atoms with van der Waals surface area (Å²) in [6.45, 7) is 1.08. The number of carbonyl (C=O) groups excluding carboxylic acids is 2. The molecule has 3 aromatic rings. The number of hydrogen-bond donors (Lipinski definition) is 0. The van der Waals surface area contributed by atoms with E-state index in [9.17, 15) is 27.6 Å². The van der Waals surface area contributed by atoms with E-state index in [4.69, 9.17) is 4.42 Å². The van der Waals surface area contributed by atoms with Gasteiger partial charge in [0.25, 0.3) is 11.5 Å². The molecule has 1 fully saturated rings. The van der Waals surface area contributed by atoms with Crippen molar-refractivity contribution in [1.82, 2.24) is 19.4 Å². The van der Waals surface area contributed by atoms with Crippen molar-refractivity contribution in [2.45, 2.75) is 12.7 Å². The van der Waals surface area contributed by atoms with E-state index in [1.54, 1.807) is 21.9 Å². The minimum atomic E-state index is -4.45. The second kappa shape index (κ2) is 8.93. The van der Waals surface area contributed by atoms with Crippen LogP contribution in [0.3, 0.4) is 0 Å². The maximum atomic E-state index is 12.7. The lowest BCUT2D eigenvalue weighted by Crippen LogP contribution is -2.51. The molecule has 0 bridgehead atoms. The molecule has 2 aromatic heterocycles. The van der Waals surface area contributed by atoms with Crippen LogP contribution in [-0.4, -0.2) is 57.3 Å². The zero-order valence-corrected chi connectivity index (χ0v) is 17.3. The molecule has 0 unspecified atom stereocenters. The van der Waals surface area contributed by atoms with Crippen LogP contribution in [0.15, 0.2) is 64.3 Å². The topological polar surface area (TPSA) is 88.7 Å². The number of nitrogens with zero attached hydrogens (tertiary/aromatic N) is 4. The van der Waals surface area contributed by atoms with Gasteiger partial charge in [-0.15, -0.1) is 0 Å². The van der Waals surface area contributed by atoms with Gasteiger partial charge in [0.15, 0.2) is 5.76 Å². The number of halogens is 3. The minimum absolute atomic E-state index is 0.211. The third-order valence-corrected chi connectivity index (χ3v) is 5.34. The Morgan fingerprint density at radius 2 is 1.67 bits per heavy atom.